The van der Waals surface area contributed by atoms with Crippen molar-refractivity contribution in [1.82, 2.24) is 14.9 Å². The third-order valence-corrected chi connectivity index (χ3v) is 6.85. The molecule has 1 saturated carbocycles. The predicted octanol–water partition coefficient (Wildman–Crippen LogP) is 4.71. The quantitative estimate of drug-likeness (QED) is 0.579. The van der Waals surface area contributed by atoms with Gasteiger partial charge in [-0.2, -0.15) is 8.78 Å². The Morgan fingerprint density at radius 1 is 1.15 bits per heavy atom. The van der Waals surface area contributed by atoms with Gasteiger partial charge in [-0.05, 0) is 55.5 Å². The summed E-state index contributed by atoms with van der Waals surface area (Å²) in [7, 11) is 0. The highest BCUT2D eigenvalue weighted by atomic mass is 35.5. The molecule has 1 amide bonds. The van der Waals surface area contributed by atoms with Gasteiger partial charge >= 0.3 is 5.92 Å². The lowest BCUT2D eigenvalue weighted by atomic mass is 9.94. The molecule has 0 radical (unpaired) electrons. The summed E-state index contributed by atoms with van der Waals surface area (Å²) < 4.78 is 43.8. The molecule has 0 atom stereocenters. The Hall–Kier alpha value is -3.13. The van der Waals surface area contributed by atoms with Crippen LogP contribution < -0.4 is 5.56 Å². The van der Waals surface area contributed by atoms with E-state index in [1.54, 1.807) is 12.1 Å². The van der Waals surface area contributed by atoms with Gasteiger partial charge in [0.25, 0.3) is 11.5 Å². The number of nitrogens with one attached hydrogen (secondary N) is 1. The summed E-state index contributed by atoms with van der Waals surface area (Å²) in [5, 5.41) is 0.103. The van der Waals surface area contributed by atoms with Crippen molar-refractivity contribution >= 4 is 17.5 Å². The van der Waals surface area contributed by atoms with E-state index in [1.807, 2.05) is 0 Å². The van der Waals surface area contributed by atoms with E-state index < -0.39 is 28.4 Å². The monoisotopic (exact) mass is 487 g/mol. The third-order valence-electron chi connectivity index (χ3n) is 6.62. The number of carbonyl (C=O) groups excluding carboxylic acids is 1. The molecule has 34 heavy (non-hydrogen) atoms. The van der Waals surface area contributed by atoms with E-state index in [0.29, 0.717) is 37.2 Å². The predicted molar refractivity (Wildman–Crippen MR) is 120 cm³/mol. The lowest BCUT2D eigenvalue weighted by molar-refractivity contribution is -0.159. The van der Waals surface area contributed by atoms with Gasteiger partial charge in [0.05, 0.1) is 23.2 Å². The average Bonchev–Trinajstić information content (AvgIpc) is 3.63. The van der Waals surface area contributed by atoms with Crippen molar-refractivity contribution in [2.45, 2.75) is 43.6 Å². The van der Waals surface area contributed by atoms with Crippen LogP contribution in [0.4, 0.5) is 13.2 Å². The minimum absolute atomic E-state index is 0.0646. The van der Waals surface area contributed by atoms with Crippen molar-refractivity contribution in [3.8, 4) is 0 Å². The maximum absolute atomic E-state index is 15.0. The molecule has 9 heteroatoms. The second-order valence-corrected chi connectivity index (χ2v) is 9.28. The van der Waals surface area contributed by atoms with E-state index in [-0.39, 0.29) is 29.5 Å². The maximum Gasteiger partial charge on any atom is 0.350 e. The van der Waals surface area contributed by atoms with Gasteiger partial charge in [-0.15, -0.1) is 0 Å². The van der Waals surface area contributed by atoms with E-state index in [2.05, 4.69) is 9.97 Å². The molecule has 0 unspecified atom stereocenters. The Morgan fingerprint density at radius 3 is 2.62 bits per heavy atom. The number of aryl methyl sites for hydroxylation is 1. The Balaban J connectivity index is 1.46. The molecule has 5 nitrogen and oxygen atoms in total. The van der Waals surface area contributed by atoms with Gasteiger partial charge in [-0.1, -0.05) is 35.9 Å². The number of carbonyl (C=O) groups is 1. The van der Waals surface area contributed by atoms with Crippen LogP contribution in [0.3, 0.4) is 0 Å². The summed E-state index contributed by atoms with van der Waals surface area (Å²) in [6.07, 6.45) is 2.19. The molecule has 1 aliphatic heterocycles. The molecule has 3 aromatic rings. The highest BCUT2D eigenvalue weighted by Gasteiger charge is 2.49. The molecule has 176 valence electrons. The van der Waals surface area contributed by atoms with Gasteiger partial charge in [-0.3, -0.25) is 9.59 Å². The fraction of sp³-hybridized carbons (Fsp3) is 0.320. The number of nitrogens with zero attached hydrogens (tertiary/aromatic N) is 2. The van der Waals surface area contributed by atoms with Gasteiger partial charge in [0.2, 0.25) is 0 Å². The highest BCUT2D eigenvalue weighted by Crippen LogP contribution is 2.52. The van der Waals surface area contributed by atoms with Crippen molar-refractivity contribution < 1.29 is 18.0 Å². The molecule has 5 rings (SSSR count). The van der Waals surface area contributed by atoms with Crippen LogP contribution >= 0.6 is 11.6 Å². The molecule has 0 bridgehead atoms. The molecule has 1 fully saturated rings. The first-order valence-electron chi connectivity index (χ1n) is 11.0. The van der Waals surface area contributed by atoms with Crippen LogP contribution in [0.2, 0.25) is 5.02 Å². The molecule has 2 aromatic carbocycles. The summed E-state index contributed by atoms with van der Waals surface area (Å²) >= 11 is 5.83. The van der Waals surface area contributed by atoms with E-state index in [0.717, 1.165) is 22.6 Å². The summed E-state index contributed by atoms with van der Waals surface area (Å²) in [5.41, 5.74) is -0.0925. The fourth-order valence-electron chi connectivity index (χ4n) is 4.60. The Bertz CT molecular complexity index is 1340. The molecule has 2 heterocycles. The number of aromatic nitrogens is 2. The number of rotatable bonds is 4. The van der Waals surface area contributed by atoms with Gasteiger partial charge in [0, 0.05) is 17.1 Å². The Kier molecular flexibility index (Phi) is 5.51. The molecule has 0 spiro atoms. The zero-order chi connectivity index (χ0) is 24.1. The summed E-state index contributed by atoms with van der Waals surface area (Å²) in [6.45, 7) is -0.199. The summed E-state index contributed by atoms with van der Waals surface area (Å²) in [6, 6.07) is 11.3. The molecular formula is C25H21ClF3N3O2. The Morgan fingerprint density at radius 2 is 1.91 bits per heavy atom. The van der Waals surface area contributed by atoms with Crippen LogP contribution in [0.1, 0.15) is 47.5 Å². The minimum Gasteiger partial charge on any atom is -0.333 e. The first-order valence-corrected chi connectivity index (χ1v) is 11.4. The Labute approximate surface area is 198 Å². The third kappa shape index (κ3) is 3.90. The van der Waals surface area contributed by atoms with Gasteiger partial charge in [0.15, 0.2) is 0 Å². The zero-order valence-corrected chi connectivity index (χ0v) is 18.8. The van der Waals surface area contributed by atoms with Gasteiger partial charge in [0.1, 0.15) is 11.6 Å². The number of fused-ring (bicyclic) bond motifs is 1. The number of benzene rings is 2. The van der Waals surface area contributed by atoms with Crippen molar-refractivity contribution in [3.05, 3.63) is 97.9 Å². The second kappa shape index (κ2) is 8.27. The molecule has 0 saturated heterocycles. The van der Waals surface area contributed by atoms with E-state index in [4.69, 9.17) is 11.6 Å². The van der Waals surface area contributed by atoms with Crippen molar-refractivity contribution in [2.24, 2.45) is 0 Å². The number of amides is 1. The number of hydrogen-bond donors (Lipinski definition) is 1. The van der Waals surface area contributed by atoms with Crippen molar-refractivity contribution in [1.29, 1.82) is 0 Å². The van der Waals surface area contributed by atoms with Crippen LogP contribution in [-0.4, -0.2) is 27.3 Å². The summed E-state index contributed by atoms with van der Waals surface area (Å²) in [4.78, 5) is 34.3. The standard InChI is InChI=1S/C25H21ClF3N3O2/c26-17-6-1-5-16(12-17)25(28,29)23(34)32-11-3-8-20-19(14-32)21(33)31-22(30-20)24(9-10-24)15-4-2-7-18(27)13-15/h1-2,4-7,12-13H,3,8-11,14H2,(H,30,31,33). The van der Waals surface area contributed by atoms with E-state index in [1.165, 1.54) is 24.3 Å². The number of hydrogen-bond acceptors (Lipinski definition) is 3. The lowest BCUT2D eigenvalue weighted by Crippen LogP contribution is -2.42. The zero-order valence-electron chi connectivity index (χ0n) is 18.1. The smallest absolute Gasteiger partial charge is 0.333 e. The number of halogens is 4. The topological polar surface area (TPSA) is 66.1 Å². The first kappa shape index (κ1) is 22.7. The molecule has 1 aromatic heterocycles. The van der Waals surface area contributed by atoms with Crippen LogP contribution in [0.5, 0.6) is 0 Å². The SMILES string of the molecule is O=C(N1CCCc2nc(C3(c4cccc(F)c4)CC3)[nH]c(=O)c2C1)C(F)(F)c1cccc(Cl)c1. The van der Waals surface area contributed by atoms with Crippen LogP contribution in [0.25, 0.3) is 0 Å². The minimum atomic E-state index is -3.79. The van der Waals surface area contributed by atoms with E-state index in [9.17, 15) is 22.8 Å². The van der Waals surface area contributed by atoms with E-state index >= 15 is 0 Å². The molecule has 1 N–H and O–H groups in total. The summed E-state index contributed by atoms with van der Waals surface area (Å²) in [5.74, 6) is -5.09. The van der Waals surface area contributed by atoms with Crippen LogP contribution in [0.15, 0.2) is 53.3 Å². The molecular weight excluding hydrogens is 467 g/mol. The molecule has 2 aliphatic rings. The second-order valence-electron chi connectivity index (χ2n) is 8.85. The van der Waals surface area contributed by atoms with Gasteiger partial charge in [-0.25, -0.2) is 9.37 Å². The normalized spacial score (nSPS) is 17.1. The molecule has 1 aliphatic carbocycles. The number of alkyl halides is 2. The first-order chi connectivity index (χ1) is 16.2. The van der Waals surface area contributed by atoms with Gasteiger partial charge < -0.3 is 9.88 Å². The number of aromatic amines is 1. The largest absolute Gasteiger partial charge is 0.350 e. The van der Waals surface area contributed by atoms with Crippen LogP contribution in [0, 0.1) is 5.82 Å². The maximum atomic E-state index is 15.0. The number of H-pyrrole nitrogens is 1. The highest BCUT2D eigenvalue weighted by molar-refractivity contribution is 6.30. The fourth-order valence-corrected chi connectivity index (χ4v) is 4.79. The lowest BCUT2D eigenvalue weighted by Gasteiger charge is -2.26. The van der Waals surface area contributed by atoms with Crippen molar-refractivity contribution in [3.63, 3.8) is 0 Å². The van der Waals surface area contributed by atoms with Crippen LogP contribution in [-0.2, 0) is 29.1 Å². The average molecular weight is 488 g/mol. The van der Waals surface area contributed by atoms with Crippen molar-refractivity contribution in [2.75, 3.05) is 6.54 Å².